The van der Waals surface area contributed by atoms with Gasteiger partial charge in [-0.15, -0.1) is 0 Å². The van der Waals surface area contributed by atoms with Crippen LogP contribution in [0, 0.1) is 11.3 Å². The lowest BCUT2D eigenvalue weighted by Crippen LogP contribution is -2.32. The quantitative estimate of drug-likeness (QED) is 0.768. The van der Waals surface area contributed by atoms with Crippen molar-refractivity contribution in [2.45, 2.75) is 46.2 Å². The van der Waals surface area contributed by atoms with Crippen LogP contribution in [-0.2, 0) is 0 Å². The highest BCUT2D eigenvalue weighted by molar-refractivity contribution is 4.75. The Morgan fingerprint density at radius 2 is 1.67 bits per heavy atom. The van der Waals surface area contributed by atoms with Gasteiger partial charge in [0.15, 0.2) is 0 Å². The summed E-state index contributed by atoms with van der Waals surface area (Å²) >= 11 is 0. The molecule has 0 aromatic rings. The average Bonchev–Trinajstić information content (AvgIpc) is 2.11. The molecule has 0 spiro atoms. The fourth-order valence-electron chi connectivity index (χ4n) is 2.20. The topological polar surface area (TPSA) is 29.3 Å². The summed E-state index contributed by atoms with van der Waals surface area (Å²) in [5.74, 6) is 0.474. The summed E-state index contributed by atoms with van der Waals surface area (Å²) in [5.41, 5.74) is 5.75. The summed E-state index contributed by atoms with van der Waals surface area (Å²) in [4.78, 5) is 1.34. The van der Waals surface area contributed by atoms with Crippen molar-refractivity contribution < 1.29 is 13.2 Å². The summed E-state index contributed by atoms with van der Waals surface area (Å²) in [5, 5.41) is 0. The van der Waals surface area contributed by atoms with E-state index in [9.17, 15) is 13.2 Å². The zero-order valence-electron chi connectivity index (χ0n) is 12.0. The molecule has 0 radical (unpaired) electrons. The van der Waals surface area contributed by atoms with Gasteiger partial charge in [0.1, 0.15) is 0 Å². The van der Waals surface area contributed by atoms with Crippen molar-refractivity contribution in [3.05, 3.63) is 0 Å². The Morgan fingerprint density at radius 3 is 2.06 bits per heavy atom. The van der Waals surface area contributed by atoms with Crippen LogP contribution >= 0.6 is 0 Å². The van der Waals surface area contributed by atoms with E-state index in [2.05, 4.69) is 20.8 Å². The van der Waals surface area contributed by atoms with E-state index in [1.54, 1.807) is 0 Å². The van der Waals surface area contributed by atoms with Gasteiger partial charge in [0.05, 0.1) is 6.54 Å². The maximum absolute atomic E-state index is 12.1. The summed E-state index contributed by atoms with van der Waals surface area (Å²) in [6, 6.07) is 0. The minimum absolute atomic E-state index is 0.169. The average molecular weight is 268 g/mol. The summed E-state index contributed by atoms with van der Waals surface area (Å²) in [7, 11) is 1.52. The minimum Gasteiger partial charge on any atom is -0.330 e. The summed E-state index contributed by atoms with van der Waals surface area (Å²) in [6.07, 6.45) is -1.45. The second-order valence-electron chi connectivity index (χ2n) is 6.14. The van der Waals surface area contributed by atoms with Gasteiger partial charge in [-0.2, -0.15) is 13.2 Å². The van der Waals surface area contributed by atoms with Crippen molar-refractivity contribution in [1.29, 1.82) is 0 Å². The van der Waals surface area contributed by atoms with Gasteiger partial charge in [-0.3, -0.25) is 4.90 Å². The predicted molar refractivity (Wildman–Crippen MR) is 69.4 cm³/mol. The third-order valence-corrected chi connectivity index (χ3v) is 3.28. The molecule has 0 amide bonds. The number of alkyl halides is 3. The van der Waals surface area contributed by atoms with Gasteiger partial charge >= 0.3 is 6.18 Å². The van der Waals surface area contributed by atoms with E-state index in [-0.39, 0.29) is 5.41 Å². The van der Waals surface area contributed by atoms with Gasteiger partial charge in [0.2, 0.25) is 0 Å². The van der Waals surface area contributed by atoms with Gasteiger partial charge in [-0.25, -0.2) is 0 Å². The highest BCUT2D eigenvalue weighted by atomic mass is 19.4. The highest BCUT2D eigenvalue weighted by Gasteiger charge is 2.29. The van der Waals surface area contributed by atoms with Crippen LogP contribution in [0.15, 0.2) is 0 Å². The first-order chi connectivity index (χ1) is 8.06. The fourth-order valence-corrected chi connectivity index (χ4v) is 2.20. The molecular formula is C13H27F3N2. The second kappa shape index (κ2) is 7.34. The highest BCUT2D eigenvalue weighted by Crippen LogP contribution is 2.32. The molecule has 0 aliphatic carbocycles. The molecule has 1 atom stereocenters. The number of hydrogen-bond donors (Lipinski definition) is 1. The Morgan fingerprint density at radius 1 is 1.11 bits per heavy atom. The third-order valence-electron chi connectivity index (χ3n) is 3.28. The first kappa shape index (κ1) is 17.7. The van der Waals surface area contributed by atoms with Gasteiger partial charge in [0.25, 0.3) is 0 Å². The minimum atomic E-state index is -4.10. The zero-order chi connectivity index (χ0) is 14.4. The van der Waals surface area contributed by atoms with E-state index in [1.807, 2.05) is 0 Å². The second-order valence-corrected chi connectivity index (χ2v) is 6.14. The normalized spacial score (nSPS) is 15.2. The molecule has 110 valence electrons. The monoisotopic (exact) mass is 268 g/mol. The molecular weight excluding hydrogens is 241 g/mol. The molecule has 0 saturated heterocycles. The Kier molecular flexibility index (Phi) is 7.22. The molecule has 0 aromatic carbocycles. The van der Waals surface area contributed by atoms with Crippen LogP contribution in [0.3, 0.4) is 0 Å². The molecule has 2 nitrogen and oxygen atoms in total. The fraction of sp³-hybridized carbons (Fsp3) is 1.00. The smallest absolute Gasteiger partial charge is 0.330 e. The third kappa shape index (κ3) is 8.75. The lowest BCUT2D eigenvalue weighted by Gasteiger charge is -2.31. The number of halogens is 3. The van der Waals surface area contributed by atoms with Crippen molar-refractivity contribution in [2.24, 2.45) is 17.1 Å². The van der Waals surface area contributed by atoms with Gasteiger partial charge in [-0.05, 0) is 50.7 Å². The van der Waals surface area contributed by atoms with Crippen LogP contribution in [0.2, 0.25) is 0 Å². The van der Waals surface area contributed by atoms with E-state index in [0.717, 1.165) is 19.3 Å². The summed E-state index contributed by atoms with van der Waals surface area (Å²) in [6.45, 7) is 6.77. The molecule has 0 rings (SSSR count). The Labute approximate surface area is 109 Å². The summed E-state index contributed by atoms with van der Waals surface area (Å²) < 4.78 is 36.4. The lowest BCUT2D eigenvalue weighted by molar-refractivity contribution is -0.143. The standard InChI is InChI=1S/C13H27F3N2/c1-12(2,3)11(7-8-17)6-5-9-18(4)10-13(14,15)16/h11H,5-10,17H2,1-4H3. The molecule has 0 heterocycles. The molecule has 0 aliphatic rings. The van der Waals surface area contributed by atoms with Crippen LogP contribution in [0.1, 0.15) is 40.0 Å². The maximum atomic E-state index is 12.1. The first-order valence-electron chi connectivity index (χ1n) is 6.51. The number of nitrogens with two attached hydrogens (primary N) is 1. The van der Waals surface area contributed by atoms with Gasteiger partial charge in [0, 0.05) is 0 Å². The van der Waals surface area contributed by atoms with Crippen LogP contribution in [0.4, 0.5) is 13.2 Å². The molecule has 0 aromatic heterocycles. The maximum Gasteiger partial charge on any atom is 0.401 e. The van der Waals surface area contributed by atoms with E-state index >= 15 is 0 Å². The Balaban J connectivity index is 4.00. The van der Waals surface area contributed by atoms with Crippen LogP contribution < -0.4 is 5.73 Å². The number of nitrogens with zero attached hydrogens (tertiary/aromatic N) is 1. The van der Waals surface area contributed by atoms with E-state index in [0.29, 0.717) is 19.0 Å². The van der Waals surface area contributed by atoms with E-state index in [1.165, 1.54) is 11.9 Å². The van der Waals surface area contributed by atoms with E-state index < -0.39 is 12.7 Å². The van der Waals surface area contributed by atoms with Crippen molar-refractivity contribution in [1.82, 2.24) is 4.90 Å². The van der Waals surface area contributed by atoms with Crippen molar-refractivity contribution in [2.75, 3.05) is 26.7 Å². The SMILES string of the molecule is CN(CCCC(CCN)C(C)(C)C)CC(F)(F)F. The van der Waals surface area contributed by atoms with Crippen molar-refractivity contribution in [3.8, 4) is 0 Å². The Hall–Kier alpha value is -0.290. The number of rotatable bonds is 7. The Bertz CT molecular complexity index is 221. The van der Waals surface area contributed by atoms with Crippen LogP contribution in [-0.4, -0.2) is 37.8 Å². The van der Waals surface area contributed by atoms with Gasteiger partial charge < -0.3 is 5.73 Å². The van der Waals surface area contributed by atoms with E-state index in [4.69, 9.17) is 5.73 Å². The van der Waals surface area contributed by atoms with Crippen molar-refractivity contribution in [3.63, 3.8) is 0 Å². The molecule has 0 bridgehead atoms. The molecule has 0 fully saturated rings. The molecule has 5 heteroatoms. The molecule has 0 aliphatic heterocycles. The van der Waals surface area contributed by atoms with Crippen LogP contribution in [0.5, 0.6) is 0 Å². The van der Waals surface area contributed by atoms with Crippen LogP contribution in [0.25, 0.3) is 0 Å². The predicted octanol–water partition coefficient (Wildman–Crippen LogP) is 3.27. The molecule has 1 unspecified atom stereocenters. The van der Waals surface area contributed by atoms with Gasteiger partial charge in [-0.1, -0.05) is 20.8 Å². The lowest BCUT2D eigenvalue weighted by atomic mass is 9.76. The first-order valence-corrected chi connectivity index (χ1v) is 6.51. The number of hydrogen-bond acceptors (Lipinski definition) is 2. The van der Waals surface area contributed by atoms with Crippen molar-refractivity contribution >= 4 is 0 Å². The zero-order valence-corrected chi connectivity index (χ0v) is 12.0. The largest absolute Gasteiger partial charge is 0.401 e. The molecule has 18 heavy (non-hydrogen) atoms. The molecule has 0 saturated carbocycles. The molecule has 2 N–H and O–H groups in total.